The van der Waals surface area contributed by atoms with Crippen molar-refractivity contribution >= 4 is 29.3 Å². The van der Waals surface area contributed by atoms with Gasteiger partial charge in [0, 0.05) is 24.2 Å². The van der Waals surface area contributed by atoms with Crippen LogP contribution in [0.25, 0.3) is 11.1 Å². The minimum atomic E-state index is -4.77. The molecule has 10 heteroatoms. The van der Waals surface area contributed by atoms with Crippen LogP contribution >= 0.6 is 0 Å². The van der Waals surface area contributed by atoms with Crippen LogP contribution in [0.4, 0.5) is 30.6 Å². The summed E-state index contributed by atoms with van der Waals surface area (Å²) in [6, 6.07) is 13.3. The summed E-state index contributed by atoms with van der Waals surface area (Å²) in [6.07, 6.45) is -0.228. The van der Waals surface area contributed by atoms with Gasteiger partial charge in [0.05, 0.1) is 16.5 Å². The SMILES string of the molecule is Cc1ccc(NC(=O)c2cc(-c3ccnc4c3C(C)(C)C(=O)N4c3ccccn3)ccc2C(F)(F)F)nc1. The van der Waals surface area contributed by atoms with E-state index in [1.165, 1.54) is 35.5 Å². The van der Waals surface area contributed by atoms with Crippen molar-refractivity contribution in [2.75, 3.05) is 10.2 Å². The lowest BCUT2D eigenvalue weighted by atomic mass is 9.82. The number of carbonyl (C=O) groups excluding carboxylic acids is 2. The van der Waals surface area contributed by atoms with E-state index < -0.39 is 28.6 Å². The van der Waals surface area contributed by atoms with Crippen molar-refractivity contribution in [3.8, 4) is 11.1 Å². The van der Waals surface area contributed by atoms with Crippen molar-refractivity contribution in [3.63, 3.8) is 0 Å². The number of aryl methyl sites for hydroxylation is 1. The van der Waals surface area contributed by atoms with Crippen molar-refractivity contribution in [1.29, 1.82) is 0 Å². The minimum absolute atomic E-state index is 0.127. The number of rotatable bonds is 4. The van der Waals surface area contributed by atoms with Gasteiger partial charge in [-0.05, 0) is 73.9 Å². The van der Waals surface area contributed by atoms with Crippen LogP contribution in [0.3, 0.4) is 0 Å². The molecule has 2 amide bonds. The maximum atomic E-state index is 13.9. The van der Waals surface area contributed by atoms with E-state index in [1.54, 1.807) is 57.3 Å². The molecular weight excluding hydrogens is 495 g/mol. The Balaban J connectivity index is 1.64. The number of benzene rings is 1. The summed E-state index contributed by atoms with van der Waals surface area (Å²) in [5.74, 6) is -0.382. The average molecular weight is 518 g/mol. The normalized spacial score (nSPS) is 14.4. The monoisotopic (exact) mass is 517 g/mol. The van der Waals surface area contributed by atoms with Crippen molar-refractivity contribution in [3.05, 3.63) is 95.4 Å². The maximum Gasteiger partial charge on any atom is 0.417 e. The van der Waals surface area contributed by atoms with Crippen molar-refractivity contribution in [2.24, 2.45) is 0 Å². The maximum absolute atomic E-state index is 13.9. The summed E-state index contributed by atoms with van der Waals surface area (Å²) >= 11 is 0. The smallest absolute Gasteiger partial charge is 0.307 e. The van der Waals surface area contributed by atoms with Gasteiger partial charge in [0.2, 0.25) is 5.91 Å². The first-order valence-electron chi connectivity index (χ1n) is 11.7. The third kappa shape index (κ3) is 4.27. The molecule has 1 N–H and O–H groups in total. The molecule has 38 heavy (non-hydrogen) atoms. The molecule has 3 aromatic heterocycles. The Hall–Kier alpha value is -4.60. The average Bonchev–Trinajstić information content (AvgIpc) is 3.10. The minimum Gasteiger partial charge on any atom is -0.307 e. The highest BCUT2D eigenvalue weighted by molar-refractivity contribution is 6.13. The van der Waals surface area contributed by atoms with Crippen LogP contribution in [0.2, 0.25) is 0 Å². The van der Waals surface area contributed by atoms with E-state index in [1.807, 2.05) is 0 Å². The van der Waals surface area contributed by atoms with Crippen LogP contribution < -0.4 is 10.2 Å². The molecule has 1 aromatic carbocycles. The van der Waals surface area contributed by atoms with Crippen LogP contribution in [-0.2, 0) is 16.4 Å². The molecule has 0 radical (unpaired) electrons. The number of fused-ring (bicyclic) bond motifs is 1. The van der Waals surface area contributed by atoms with E-state index in [0.717, 1.165) is 11.6 Å². The molecule has 0 aliphatic carbocycles. The number of alkyl halides is 3. The molecule has 4 heterocycles. The van der Waals surface area contributed by atoms with Gasteiger partial charge in [-0.1, -0.05) is 18.2 Å². The van der Waals surface area contributed by atoms with E-state index >= 15 is 0 Å². The highest BCUT2D eigenvalue weighted by Crippen LogP contribution is 2.48. The molecule has 0 spiro atoms. The standard InChI is InChI=1S/C28H22F3N5O2/c1-16-7-10-21(34-15-16)35-25(37)19-14-17(8-9-20(19)28(29,30)31)18-11-13-33-24-23(18)27(2,3)26(38)36(24)22-6-4-5-12-32-22/h4-15H,1-3H3,(H,34,35,37). The second kappa shape index (κ2) is 9.05. The molecule has 1 aliphatic rings. The molecule has 4 aromatic rings. The number of nitrogens with zero attached hydrogens (tertiary/aromatic N) is 4. The van der Waals surface area contributed by atoms with Crippen molar-refractivity contribution in [1.82, 2.24) is 15.0 Å². The molecule has 5 rings (SSSR count). The van der Waals surface area contributed by atoms with Crippen molar-refractivity contribution < 1.29 is 22.8 Å². The Morgan fingerprint density at radius 1 is 0.974 bits per heavy atom. The van der Waals surface area contributed by atoms with Crippen LogP contribution in [-0.4, -0.2) is 26.8 Å². The predicted octanol–water partition coefficient (Wildman–Crippen LogP) is 6.07. The van der Waals surface area contributed by atoms with Gasteiger partial charge >= 0.3 is 6.18 Å². The molecule has 0 unspecified atom stereocenters. The summed E-state index contributed by atoms with van der Waals surface area (Å²) in [7, 11) is 0. The summed E-state index contributed by atoms with van der Waals surface area (Å²) in [4.78, 5) is 40.7. The third-order valence-electron chi connectivity index (χ3n) is 6.42. The first-order valence-corrected chi connectivity index (χ1v) is 11.7. The van der Waals surface area contributed by atoms with Crippen LogP contribution in [0, 0.1) is 6.92 Å². The lowest BCUT2D eigenvalue weighted by Crippen LogP contribution is -2.33. The lowest BCUT2D eigenvalue weighted by molar-refractivity contribution is -0.137. The number of anilines is 3. The molecule has 1 aliphatic heterocycles. The Kier molecular flexibility index (Phi) is 5.97. The topological polar surface area (TPSA) is 88.1 Å². The Morgan fingerprint density at radius 2 is 1.76 bits per heavy atom. The largest absolute Gasteiger partial charge is 0.417 e. The molecule has 0 saturated carbocycles. The zero-order valence-corrected chi connectivity index (χ0v) is 20.7. The molecule has 192 valence electrons. The van der Waals surface area contributed by atoms with Gasteiger partial charge in [-0.3, -0.25) is 9.59 Å². The first-order chi connectivity index (χ1) is 18.0. The van der Waals surface area contributed by atoms with Crippen LogP contribution in [0.5, 0.6) is 0 Å². The summed E-state index contributed by atoms with van der Waals surface area (Å²) in [6.45, 7) is 5.25. The summed E-state index contributed by atoms with van der Waals surface area (Å²) < 4.78 is 41.7. The molecule has 0 saturated heterocycles. The number of hydrogen-bond donors (Lipinski definition) is 1. The van der Waals surface area contributed by atoms with Crippen LogP contribution in [0.15, 0.2) is 73.2 Å². The fourth-order valence-electron chi connectivity index (χ4n) is 4.53. The molecule has 0 fully saturated rings. The zero-order chi connectivity index (χ0) is 27.2. The molecule has 0 bridgehead atoms. The number of pyridine rings is 3. The number of halogens is 3. The third-order valence-corrected chi connectivity index (χ3v) is 6.42. The van der Waals surface area contributed by atoms with Gasteiger partial charge in [0.1, 0.15) is 17.5 Å². The second-order valence-corrected chi connectivity index (χ2v) is 9.44. The lowest BCUT2D eigenvalue weighted by Gasteiger charge is -2.20. The van der Waals surface area contributed by atoms with Gasteiger partial charge < -0.3 is 5.32 Å². The highest BCUT2D eigenvalue weighted by Gasteiger charge is 2.48. The predicted molar refractivity (Wildman–Crippen MR) is 136 cm³/mol. The number of nitrogens with one attached hydrogen (secondary N) is 1. The highest BCUT2D eigenvalue weighted by atomic mass is 19.4. The number of aromatic nitrogens is 3. The molecule has 7 nitrogen and oxygen atoms in total. The van der Waals surface area contributed by atoms with Gasteiger partial charge in [-0.15, -0.1) is 0 Å². The second-order valence-electron chi connectivity index (χ2n) is 9.44. The van der Waals surface area contributed by atoms with Gasteiger partial charge in [0.25, 0.3) is 5.91 Å². The Bertz CT molecular complexity index is 1550. The van der Waals surface area contributed by atoms with Crippen molar-refractivity contribution in [2.45, 2.75) is 32.4 Å². The number of amides is 2. The fraction of sp³-hybridized carbons (Fsp3) is 0.179. The van der Waals surface area contributed by atoms with E-state index in [0.29, 0.717) is 28.3 Å². The zero-order valence-electron chi connectivity index (χ0n) is 20.7. The quantitative estimate of drug-likeness (QED) is 0.355. The number of carbonyl (C=O) groups is 2. The summed E-state index contributed by atoms with van der Waals surface area (Å²) in [5, 5.41) is 2.45. The Morgan fingerprint density at radius 3 is 2.42 bits per heavy atom. The fourth-order valence-corrected chi connectivity index (χ4v) is 4.53. The molecule has 0 atom stereocenters. The van der Waals surface area contributed by atoms with Gasteiger partial charge in [-0.2, -0.15) is 13.2 Å². The Labute approximate surface area is 216 Å². The molecular formula is C28H22F3N5O2. The van der Waals surface area contributed by atoms with E-state index in [2.05, 4.69) is 20.3 Å². The van der Waals surface area contributed by atoms with Gasteiger partial charge in [-0.25, -0.2) is 19.9 Å². The van der Waals surface area contributed by atoms with Crippen LogP contribution in [0.1, 0.15) is 40.9 Å². The summed E-state index contributed by atoms with van der Waals surface area (Å²) in [5.41, 5.74) is -0.515. The first kappa shape index (κ1) is 25.1. The van der Waals surface area contributed by atoms with Gasteiger partial charge in [0.15, 0.2) is 0 Å². The number of hydrogen-bond acceptors (Lipinski definition) is 5. The van der Waals surface area contributed by atoms with E-state index in [9.17, 15) is 22.8 Å². The van der Waals surface area contributed by atoms with E-state index in [-0.39, 0.29) is 11.7 Å². The van der Waals surface area contributed by atoms with E-state index in [4.69, 9.17) is 0 Å².